The van der Waals surface area contributed by atoms with Crippen molar-refractivity contribution < 1.29 is 20.0 Å². The van der Waals surface area contributed by atoms with E-state index in [1.165, 1.54) is 43.8 Å². The second-order valence-corrected chi connectivity index (χ2v) is 8.12. The molecule has 0 atom stereocenters. The molecule has 0 saturated carbocycles. The molecule has 6 rings (SSSR count). The van der Waals surface area contributed by atoms with Crippen LogP contribution in [0.4, 0.5) is 0 Å². The van der Waals surface area contributed by atoms with E-state index in [1.54, 1.807) is 20.0 Å². The summed E-state index contributed by atoms with van der Waals surface area (Å²) in [5.74, 6) is 0. The van der Waals surface area contributed by atoms with Gasteiger partial charge in [0, 0.05) is 23.8 Å². The topological polar surface area (TPSA) is 25.8 Å². The zero-order valence-electron chi connectivity index (χ0n) is 19.5. The average molecular weight is 474 g/mol. The van der Waals surface area contributed by atoms with E-state index in [4.69, 9.17) is 0 Å². The fourth-order valence-electron chi connectivity index (χ4n) is 4.08. The zero-order chi connectivity index (χ0) is 23.9. The van der Waals surface area contributed by atoms with E-state index in [0.717, 1.165) is 11.4 Å². The van der Waals surface area contributed by atoms with Gasteiger partial charge in [0.15, 0.2) is 0 Å². The van der Waals surface area contributed by atoms with E-state index in [2.05, 4.69) is 112 Å². The van der Waals surface area contributed by atoms with Crippen molar-refractivity contribution in [3.63, 3.8) is 0 Å². The first-order chi connectivity index (χ1) is 16.7. The van der Waals surface area contributed by atoms with Gasteiger partial charge in [-0.1, -0.05) is 71.8 Å². The molecule has 0 aliphatic rings. The Balaban J connectivity index is 0.000000150. The number of hydrogen-bond acceptors (Lipinski definition) is 2. The second kappa shape index (κ2) is 11.1. The van der Waals surface area contributed by atoms with Crippen LogP contribution in [0.3, 0.4) is 0 Å². The number of rotatable bonds is 2. The Labute approximate surface area is 212 Å². The third-order valence-corrected chi connectivity index (χ3v) is 5.70. The minimum atomic E-state index is 1.06. The number of aromatic nitrogens is 2. The van der Waals surface area contributed by atoms with Gasteiger partial charge in [0.1, 0.15) is 0 Å². The van der Waals surface area contributed by atoms with Crippen molar-refractivity contribution in [3.8, 4) is 22.3 Å². The van der Waals surface area contributed by atoms with E-state index in [1.807, 2.05) is 26.2 Å². The molecule has 0 N–H and O–H groups in total. The first-order valence-corrected chi connectivity index (χ1v) is 12.3. The first kappa shape index (κ1) is 23.7. The van der Waals surface area contributed by atoms with Crippen LogP contribution in [0, 0.1) is 13.8 Å². The predicted molar refractivity (Wildman–Crippen MR) is 142 cm³/mol. The van der Waals surface area contributed by atoms with Crippen molar-refractivity contribution in [1.82, 2.24) is 9.97 Å². The summed E-state index contributed by atoms with van der Waals surface area (Å²) < 4.78 is 0. The third kappa shape index (κ3) is 5.54. The minimum absolute atomic E-state index is 1.06. The fourth-order valence-corrected chi connectivity index (χ4v) is 4.08. The van der Waals surface area contributed by atoms with Gasteiger partial charge in [0.25, 0.3) is 0 Å². The maximum atomic E-state index is 4.22. The van der Waals surface area contributed by atoms with E-state index in [0.29, 0.717) is 0 Å². The van der Waals surface area contributed by atoms with Gasteiger partial charge in [-0.3, -0.25) is 9.97 Å². The molecule has 3 heteroatoms. The van der Waals surface area contributed by atoms with Crippen LogP contribution in [-0.2, 0) is 20.0 Å². The number of benzene rings is 2. The van der Waals surface area contributed by atoms with Crippen LogP contribution >= 0.6 is 0 Å². The number of hydrogen-bond donors (Lipinski definition) is 0. The first-order valence-electron chi connectivity index (χ1n) is 11.2. The Bertz CT molecular complexity index is 1340. The Hall–Kier alpha value is -3.46. The van der Waals surface area contributed by atoms with Crippen LogP contribution in [0.25, 0.3) is 43.8 Å². The number of aryl methyl sites for hydroxylation is 2. The summed E-state index contributed by atoms with van der Waals surface area (Å²) in [4.78, 5) is 11.7. The summed E-state index contributed by atoms with van der Waals surface area (Å²) >= 11 is 1.75. The Morgan fingerprint density at radius 3 is 1.38 bits per heavy atom. The molecule has 34 heavy (non-hydrogen) atoms. The molecule has 2 nitrogen and oxygen atoms in total. The van der Waals surface area contributed by atoms with Gasteiger partial charge in [-0.2, -0.15) is 0 Å². The SMILES string of the molecule is Cc1cc(-c2cc3ccccc3[cH-]2)ccn1.Cc1cc(-c2cc3ccccc3[cH-]2)ccn1.[CH2]=[Ti+2]. The van der Waals surface area contributed by atoms with E-state index in [-0.39, 0.29) is 0 Å². The fraction of sp³-hybridized carbons (Fsp3) is 0.0645. The molecule has 0 fully saturated rings. The van der Waals surface area contributed by atoms with Gasteiger partial charge in [0.2, 0.25) is 0 Å². The van der Waals surface area contributed by atoms with Crippen LogP contribution < -0.4 is 0 Å². The van der Waals surface area contributed by atoms with Crippen molar-refractivity contribution in [1.29, 1.82) is 0 Å². The zero-order valence-corrected chi connectivity index (χ0v) is 21.1. The summed E-state index contributed by atoms with van der Waals surface area (Å²) in [6.45, 7) is 4.04. The molecule has 2 heterocycles. The van der Waals surface area contributed by atoms with Crippen LogP contribution in [0.15, 0.2) is 109 Å². The van der Waals surface area contributed by atoms with E-state index >= 15 is 0 Å². The molecule has 0 saturated heterocycles. The van der Waals surface area contributed by atoms with Crippen molar-refractivity contribution >= 4 is 26.4 Å². The van der Waals surface area contributed by atoms with Crippen LogP contribution in [0.1, 0.15) is 11.4 Å². The van der Waals surface area contributed by atoms with E-state index < -0.39 is 0 Å². The Kier molecular flexibility index (Phi) is 7.74. The van der Waals surface area contributed by atoms with Crippen LogP contribution in [0.2, 0.25) is 0 Å². The molecule has 164 valence electrons. The maximum absolute atomic E-state index is 4.22. The predicted octanol–water partition coefficient (Wildman–Crippen LogP) is 7.82. The molecule has 4 aromatic carbocycles. The van der Waals surface area contributed by atoms with Gasteiger partial charge >= 0.3 is 24.8 Å². The molecule has 6 aromatic rings. The van der Waals surface area contributed by atoms with Crippen molar-refractivity contribution in [2.75, 3.05) is 0 Å². The number of fused-ring (bicyclic) bond motifs is 2. The second-order valence-electron chi connectivity index (χ2n) is 8.12. The number of pyridine rings is 2. The molecule has 2 aromatic heterocycles. The summed E-state index contributed by atoms with van der Waals surface area (Å²) in [6, 6.07) is 34.1. The van der Waals surface area contributed by atoms with Crippen LogP contribution in [-0.4, -0.2) is 14.8 Å². The normalized spacial score (nSPS) is 10.4. The Morgan fingerprint density at radius 1 is 0.588 bits per heavy atom. The van der Waals surface area contributed by atoms with Crippen LogP contribution in [0.5, 0.6) is 0 Å². The van der Waals surface area contributed by atoms with Crippen molar-refractivity contribution in [3.05, 3.63) is 121 Å². The van der Waals surface area contributed by atoms with E-state index in [9.17, 15) is 0 Å². The monoisotopic (exact) mass is 474 g/mol. The van der Waals surface area contributed by atoms with Gasteiger partial charge < -0.3 is 0 Å². The van der Waals surface area contributed by atoms with Gasteiger partial charge in [-0.25, -0.2) is 0 Å². The molecule has 0 unspecified atom stereocenters. The standard InChI is InChI=1S/2C15H12N.CH2.Ti/c2*1-11-8-14(6-7-16-11)15-9-12-4-2-3-5-13(12)10-15;;/h2*2-10H,1H3;1H2;/q2*-1;;+2. The average Bonchev–Trinajstić information content (AvgIpc) is 3.50. The summed E-state index contributed by atoms with van der Waals surface area (Å²) in [6.07, 6.45) is 3.73. The molecule has 0 radical (unpaired) electrons. The quantitative estimate of drug-likeness (QED) is 0.189. The van der Waals surface area contributed by atoms with Crippen molar-refractivity contribution in [2.45, 2.75) is 13.8 Å². The molecule has 0 bridgehead atoms. The molecule has 0 amide bonds. The molecular weight excluding hydrogens is 448 g/mol. The van der Waals surface area contributed by atoms with Crippen molar-refractivity contribution in [2.24, 2.45) is 0 Å². The number of nitrogens with zero attached hydrogens (tertiary/aromatic N) is 2. The summed E-state index contributed by atoms with van der Waals surface area (Å²) in [7, 11) is 0. The third-order valence-electron chi connectivity index (χ3n) is 5.70. The molecule has 0 aliphatic carbocycles. The molecule has 0 spiro atoms. The summed E-state index contributed by atoms with van der Waals surface area (Å²) in [5, 5.41) is 5.19. The molecular formula is C31H26N2Ti. The van der Waals surface area contributed by atoms with Gasteiger partial charge in [-0.15, -0.1) is 69.1 Å². The van der Waals surface area contributed by atoms with Gasteiger partial charge in [-0.05, 0) is 13.8 Å². The van der Waals surface area contributed by atoms with Gasteiger partial charge in [0.05, 0.1) is 0 Å². The Morgan fingerprint density at radius 2 is 1.00 bits per heavy atom. The molecule has 0 aliphatic heterocycles. The summed E-state index contributed by atoms with van der Waals surface area (Å²) in [5.41, 5.74) is 7.14.